The zero-order valence-electron chi connectivity index (χ0n) is 14.4. The van der Waals surface area contributed by atoms with Crippen molar-refractivity contribution in [3.05, 3.63) is 71.7 Å². The zero-order chi connectivity index (χ0) is 17.6. The monoisotopic (exact) mass is 333 g/mol. The first-order valence-corrected chi connectivity index (χ1v) is 8.25. The van der Waals surface area contributed by atoms with Gasteiger partial charge < -0.3 is 14.8 Å². The Morgan fingerprint density at radius 3 is 2.52 bits per heavy atom. The minimum absolute atomic E-state index is 0.0789. The average molecular weight is 333 g/mol. The Kier molecular flexibility index (Phi) is 3.42. The molecule has 0 bridgehead atoms. The molecule has 1 unspecified atom stereocenters. The summed E-state index contributed by atoms with van der Waals surface area (Å²) in [6.45, 7) is 5.17. The normalized spacial score (nSPS) is 21.2. The number of benzene rings is 2. The Balaban J connectivity index is 1.78. The lowest BCUT2D eigenvalue weighted by Gasteiger charge is -2.32. The molecule has 0 aromatic heterocycles. The molecule has 4 heteroatoms. The molecule has 1 spiro atoms. The molecule has 1 N–H and O–H groups in total. The molecule has 0 aliphatic carbocycles. The molecular formula is C21H19NO3. The molecule has 1 atom stereocenters. The predicted octanol–water partition coefficient (Wildman–Crippen LogP) is 4.65. The second-order valence-electron chi connectivity index (χ2n) is 6.38. The summed E-state index contributed by atoms with van der Waals surface area (Å²) in [6.07, 6.45) is 1.82. The fourth-order valence-electron chi connectivity index (χ4n) is 3.56. The van der Waals surface area contributed by atoms with Gasteiger partial charge in [0.05, 0.1) is 5.69 Å². The molecule has 126 valence electrons. The van der Waals surface area contributed by atoms with Crippen LogP contribution in [0.2, 0.25) is 0 Å². The van der Waals surface area contributed by atoms with Gasteiger partial charge in [-0.25, -0.2) is 0 Å². The van der Waals surface area contributed by atoms with Crippen LogP contribution >= 0.6 is 0 Å². The highest BCUT2D eigenvalue weighted by atomic mass is 16.5. The molecule has 2 aromatic carbocycles. The molecule has 2 heterocycles. The summed E-state index contributed by atoms with van der Waals surface area (Å²) < 4.78 is 11.8. The SMILES string of the molecule is CC(=O)C1=C(C)OC(C)=CC12Nc1cc(-c3ccccc3)ccc1O2. The van der Waals surface area contributed by atoms with Crippen molar-refractivity contribution in [2.24, 2.45) is 0 Å². The Morgan fingerprint density at radius 2 is 1.80 bits per heavy atom. The van der Waals surface area contributed by atoms with Crippen molar-refractivity contribution < 1.29 is 14.3 Å². The van der Waals surface area contributed by atoms with Gasteiger partial charge in [0, 0.05) is 6.08 Å². The van der Waals surface area contributed by atoms with Gasteiger partial charge in [-0.3, -0.25) is 4.79 Å². The van der Waals surface area contributed by atoms with Gasteiger partial charge in [0.1, 0.15) is 22.8 Å². The van der Waals surface area contributed by atoms with Crippen LogP contribution in [0.5, 0.6) is 5.75 Å². The number of rotatable bonds is 2. The van der Waals surface area contributed by atoms with Crippen LogP contribution in [0.4, 0.5) is 5.69 Å². The Labute approximate surface area is 146 Å². The van der Waals surface area contributed by atoms with Crippen molar-refractivity contribution in [2.75, 3.05) is 5.32 Å². The van der Waals surface area contributed by atoms with E-state index in [1.165, 1.54) is 6.92 Å². The van der Waals surface area contributed by atoms with Crippen molar-refractivity contribution >= 4 is 11.5 Å². The molecule has 2 aliphatic rings. The van der Waals surface area contributed by atoms with E-state index in [4.69, 9.17) is 9.47 Å². The predicted molar refractivity (Wildman–Crippen MR) is 97.1 cm³/mol. The number of hydrogen-bond acceptors (Lipinski definition) is 4. The summed E-state index contributed by atoms with van der Waals surface area (Å²) in [4.78, 5) is 12.2. The van der Waals surface area contributed by atoms with Crippen LogP contribution in [0.25, 0.3) is 11.1 Å². The van der Waals surface area contributed by atoms with Crippen LogP contribution in [0, 0.1) is 0 Å². The Morgan fingerprint density at radius 1 is 1.04 bits per heavy atom. The third kappa shape index (κ3) is 2.50. The number of allylic oxidation sites excluding steroid dienone is 2. The molecular weight excluding hydrogens is 314 g/mol. The smallest absolute Gasteiger partial charge is 0.237 e. The molecule has 2 aromatic rings. The Hall–Kier alpha value is -3.01. The highest BCUT2D eigenvalue weighted by Gasteiger charge is 2.46. The summed E-state index contributed by atoms with van der Waals surface area (Å²) in [7, 11) is 0. The van der Waals surface area contributed by atoms with Gasteiger partial charge in [-0.1, -0.05) is 36.4 Å². The van der Waals surface area contributed by atoms with Crippen LogP contribution in [0.3, 0.4) is 0 Å². The fourth-order valence-corrected chi connectivity index (χ4v) is 3.56. The van der Waals surface area contributed by atoms with Crippen LogP contribution in [-0.4, -0.2) is 11.5 Å². The number of anilines is 1. The third-order valence-corrected chi connectivity index (χ3v) is 4.47. The highest BCUT2D eigenvalue weighted by molar-refractivity contribution is 5.98. The van der Waals surface area contributed by atoms with Gasteiger partial charge in [0.2, 0.25) is 5.72 Å². The number of fused-ring (bicyclic) bond motifs is 1. The molecule has 0 saturated heterocycles. The lowest BCUT2D eigenvalue weighted by atomic mass is 9.95. The largest absolute Gasteiger partial charge is 0.466 e. The molecule has 0 fully saturated rings. The standard InChI is InChI=1S/C21H19NO3/c1-13-12-21(20(14(2)23)15(3)24-13)22-18-11-17(9-10-19(18)25-21)16-7-5-4-6-8-16/h4-12,22H,1-3H3. The molecule has 25 heavy (non-hydrogen) atoms. The number of nitrogens with one attached hydrogen (secondary N) is 1. The van der Waals surface area contributed by atoms with E-state index in [1.54, 1.807) is 6.92 Å². The summed E-state index contributed by atoms with van der Waals surface area (Å²) in [6, 6.07) is 16.2. The molecule has 0 saturated carbocycles. The molecule has 4 nitrogen and oxygen atoms in total. The second-order valence-corrected chi connectivity index (χ2v) is 6.38. The lowest BCUT2D eigenvalue weighted by Crippen LogP contribution is -2.45. The van der Waals surface area contributed by atoms with Gasteiger partial charge in [-0.2, -0.15) is 0 Å². The van der Waals surface area contributed by atoms with Crippen molar-refractivity contribution in [1.29, 1.82) is 0 Å². The minimum atomic E-state index is -1.00. The fraction of sp³-hybridized carbons (Fsp3) is 0.190. The van der Waals surface area contributed by atoms with Crippen molar-refractivity contribution in [3.8, 4) is 16.9 Å². The van der Waals surface area contributed by atoms with E-state index >= 15 is 0 Å². The number of ether oxygens (including phenoxy) is 2. The van der Waals surface area contributed by atoms with Crippen molar-refractivity contribution in [2.45, 2.75) is 26.5 Å². The van der Waals surface area contributed by atoms with Crippen LogP contribution in [0.15, 0.2) is 71.7 Å². The maximum atomic E-state index is 12.2. The van der Waals surface area contributed by atoms with Crippen LogP contribution < -0.4 is 10.1 Å². The zero-order valence-corrected chi connectivity index (χ0v) is 14.4. The number of carbonyl (C=O) groups is 1. The highest BCUT2D eigenvalue weighted by Crippen LogP contribution is 2.45. The summed E-state index contributed by atoms with van der Waals surface area (Å²) in [5.74, 6) is 1.91. The summed E-state index contributed by atoms with van der Waals surface area (Å²) in [5.41, 5.74) is 2.57. The van der Waals surface area contributed by atoms with Gasteiger partial charge >= 0.3 is 0 Å². The van der Waals surface area contributed by atoms with E-state index in [-0.39, 0.29) is 5.78 Å². The van der Waals surface area contributed by atoms with Crippen LogP contribution in [0.1, 0.15) is 20.8 Å². The quantitative estimate of drug-likeness (QED) is 0.869. The maximum Gasteiger partial charge on any atom is 0.237 e. The molecule has 0 amide bonds. The first kappa shape index (κ1) is 15.5. The van der Waals surface area contributed by atoms with E-state index in [2.05, 4.69) is 17.4 Å². The molecule has 0 radical (unpaired) electrons. The van der Waals surface area contributed by atoms with E-state index in [1.807, 2.05) is 49.4 Å². The first-order valence-electron chi connectivity index (χ1n) is 8.25. The minimum Gasteiger partial charge on any atom is -0.466 e. The van der Waals surface area contributed by atoms with E-state index in [0.717, 1.165) is 22.6 Å². The topological polar surface area (TPSA) is 47.6 Å². The average Bonchev–Trinajstić information content (AvgIpc) is 2.90. The van der Waals surface area contributed by atoms with E-state index < -0.39 is 5.72 Å². The van der Waals surface area contributed by atoms with Gasteiger partial charge in [0.25, 0.3) is 0 Å². The summed E-state index contributed by atoms with van der Waals surface area (Å²) in [5, 5.41) is 3.39. The molecule has 4 rings (SSSR count). The number of ketones is 1. The number of hydrogen-bond donors (Lipinski definition) is 1. The van der Waals surface area contributed by atoms with Crippen molar-refractivity contribution in [3.63, 3.8) is 0 Å². The van der Waals surface area contributed by atoms with Crippen molar-refractivity contribution in [1.82, 2.24) is 0 Å². The molecule has 2 aliphatic heterocycles. The van der Waals surface area contributed by atoms with E-state index in [9.17, 15) is 4.79 Å². The van der Waals surface area contributed by atoms with Gasteiger partial charge in [0.15, 0.2) is 5.78 Å². The first-order chi connectivity index (χ1) is 12.0. The van der Waals surface area contributed by atoms with Crippen LogP contribution in [-0.2, 0) is 9.53 Å². The number of carbonyl (C=O) groups excluding carboxylic acids is 1. The maximum absolute atomic E-state index is 12.2. The number of Topliss-reactive ketones (excluding diaryl/α,β-unsaturated/α-hetero) is 1. The summed E-state index contributed by atoms with van der Waals surface area (Å²) >= 11 is 0. The van der Waals surface area contributed by atoms with Gasteiger partial charge in [-0.15, -0.1) is 0 Å². The third-order valence-electron chi connectivity index (χ3n) is 4.47. The van der Waals surface area contributed by atoms with E-state index in [0.29, 0.717) is 17.1 Å². The van der Waals surface area contributed by atoms with Gasteiger partial charge in [-0.05, 0) is 44.0 Å². The Bertz CT molecular complexity index is 927. The second kappa shape index (κ2) is 5.52. The lowest BCUT2D eigenvalue weighted by molar-refractivity contribution is -0.115.